The largest absolute Gasteiger partial charge is 0.411 e. The number of amides is 1. The quantitative estimate of drug-likeness (QED) is 0.488. The SMILES string of the molecule is CCC(=NO)c1nc(C)nc2c1C(C)(O)C(=O)N2c1ccc(Cl)cc1C. The third kappa shape index (κ3) is 2.64. The Labute approximate surface area is 156 Å². The molecule has 1 aromatic heterocycles. The number of nitrogens with zero attached hydrogens (tertiary/aromatic N) is 4. The summed E-state index contributed by atoms with van der Waals surface area (Å²) in [6.07, 6.45) is 0.379. The second-order valence-corrected chi connectivity index (χ2v) is 6.80. The number of rotatable bonds is 3. The van der Waals surface area contributed by atoms with E-state index >= 15 is 0 Å². The summed E-state index contributed by atoms with van der Waals surface area (Å²) in [6.45, 7) is 6.69. The Morgan fingerprint density at radius 1 is 1.35 bits per heavy atom. The smallest absolute Gasteiger partial charge is 0.269 e. The summed E-state index contributed by atoms with van der Waals surface area (Å²) in [5.41, 5.74) is 0.257. The molecule has 1 amide bonds. The monoisotopic (exact) mass is 374 g/mol. The van der Waals surface area contributed by atoms with Gasteiger partial charge in [-0.2, -0.15) is 0 Å². The van der Waals surface area contributed by atoms with Crippen LogP contribution in [0.5, 0.6) is 0 Å². The van der Waals surface area contributed by atoms with Crippen molar-refractivity contribution >= 4 is 34.7 Å². The molecule has 0 saturated heterocycles. The molecule has 8 heteroatoms. The lowest BCUT2D eigenvalue weighted by Gasteiger charge is -2.20. The predicted octanol–water partition coefficient (Wildman–Crippen LogP) is 3.22. The lowest BCUT2D eigenvalue weighted by atomic mass is 9.95. The third-order valence-corrected chi connectivity index (χ3v) is 4.68. The van der Waals surface area contributed by atoms with Gasteiger partial charge in [-0.05, 0) is 51.0 Å². The normalized spacial score (nSPS) is 19.8. The Morgan fingerprint density at radius 3 is 2.62 bits per heavy atom. The van der Waals surface area contributed by atoms with Gasteiger partial charge in [-0.1, -0.05) is 23.7 Å². The Morgan fingerprint density at radius 2 is 2.04 bits per heavy atom. The number of aromatic nitrogens is 2. The zero-order valence-corrected chi connectivity index (χ0v) is 15.7. The standard InChI is InChI=1S/C18H19ClN4O3/c1-5-12(22-26)15-14-16(21-10(3)20-15)23(17(24)18(14,4)25)13-7-6-11(19)8-9(13)2/h6-8,25-26H,5H2,1-4H3. The van der Waals surface area contributed by atoms with Crippen LogP contribution in [0.4, 0.5) is 11.5 Å². The number of carbonyl (C=O) groups excluding carboxylic acids is 1. The Kier molecular flexibility index (Phi) is 4.46. The minimum absolute atomic E-state index is 0.233. The molecule has 2 heterocycles. The first-order valence-corrected chi connectivity index (χ1v) is 8.53. The van der Waals surface area contributed by atoms with Crippen molar-refractivity contribution in [3.8, 4) is 0 Å². The van der Waals surface area contributed by atoms with E-state index in [2.05, 4.69) is 15.1 Å². The molecule has 0 saturated carbocycles. The molecule has 1 aliphatic heterocycles. The highest BCUT2D eigenvalue weighted by atomic mass is 35.5. The number of oxime groups is 1. The summed E-state index contributed by atoms with van der Waals surface area (Å²) in [6, 6.07) is 5.11. The van der Waals surface area contributed by atoms with Crippen molar-refractivity contribution in [2.75, 3.05) is 4.90 Å². The first kappa shape index (κ1) is 18.3. The molecule has 1 aliphatic rings. The average Bonchev–Trinajstić information content (AvgIpc) is 2.76. The molecule has 0 radical (unpaired) electrons. The van der Waals surface area contributed by atoms with Gasteiger partial charge in [0.1, 0.15) is 17.2 Å². The van der Waals surface area contributed by atoms with Crippen molar-refractivity contribution in [3.05, 3.63) is 45.9 Å². The van der Waals surface area contributed by atoms with Gasteiger partial charge < -0.3 is 10.3 Å². The second-order valence-electron chi connectivity index (χ2n) is 6.36. The molecule has 0 bridgehead atoms. The number of hydrogen-bond acceptors (Lipinski definition) is 6. The van der Waals surface area contributed by atoms with Gasteiger partial charge in [-0.3, -0.25) is 9.69 Å². The fraction of sp³-hybridized carbons (Fsp3) is 0.333. The minimum atomic E-state index is -1.85. The van der Waals surface area contributed by atoms with Gasteiger partial charge in [0, 0.05) is 5.02 Å². The predicted molar refractivity (Wildman–Crippen MR) is 98.3 cm³/mol. The van der Waals surface area contributed by atoms with E-state index in [1.54, 1.807) is 32.0 Å². The van der Waals surface area contributed by atoms with Crippen LogP contribution >= 0.6 is 11.6 Å². The van der Waals surface area contributed by atoms with Gasteiger partial charge in [0.2, 0.25) is 0 Å². The first-order chi connectivity index (χ1) is 12.2. The molecule has 0 fully saturated rings. The van der Waals surface area contributed by atoms with Gasteiger partial charge in [0.15, 0.2) is 11.4 Å². The summed E-state index contributed by atoms with van der Waals surface area (Å²) in [5.74, 6) is 0.130. The van der Waals surface area contributed by atoms with Crippen LogP contribution in [0.15, 0.2) is 23.4 Å². The zero-order chi connectivity index (χ0) is 19.2. The van der Waals surface area contributed by atoms with Gasteiger partial charge in [0.25, 0.3) is 5.91 Å². The van der Waals surface area contributed by atoms with E-state index in [1.807, 2.05) is 6.92 Å². The molecular weight excluding hydrogens is 356 g/mol. The molecule has 3 rings (SSSR count). The molecule has 1 unspecified atom stereocenters. The van der Waals surface area contributed by atoms with Crippen molar-refractivity contribution in [3.63, 3.8) is 0 Å². The highest BCUT2D eigenvalue weighted by molar-refractivity contribution is 6.30. The second kappa shape index (κ2) is 6.34. The van der Waals surface area contributed by atoms with Crippen LogP contribution in [-0.2, 0) is 10.4 Å². The number of aryl methyl sites for hydroxylation is 2. The maximum atomic E-state index is 13.1. The minimum Gasteiger partial charge on any atom is -0.411 e. The van der Waals surface area contributed by atoms with E-state index in [1.165, 1.54) is 11.8 Å². The van der Waals surface area contributed by atoms with Crippen LogP contribution in [0.2, 0.25) is 5.02 Å². The van der Waals surface area contributed by atoms with E-state index in [0.717, 1.165) is 5.56 Å². The van der Waals surface area contributed by atoms with E-state index in [9.17, 15) is 15.1 Å². The summed E-state index contributed by atoms with van der Waals surface area (Å²) in [4.78, 5) is 23.1. The maximum absolute atomic E-state index is 13.1. The van der Waals surface area contributed by atoms with E-state index in [4.69, 9.17) is 11.6 Å². The van der Waals surface area contributed by atoms with Gasteiger partial charge in [-0.15, -0.1) is 0 Å². The molecule has 136 valence electrons. The maximum Gasteiger partial charge on any atom is 0.269 e. The topological polar surface area (TPSA) is 98.9 Å². The zero-order valence-electron chi connectivity index (χ0n) is 14.9. The van der Waals surface area contributed by atoms with Crippen molar-refractivity contribution < 1.29 is 15.1 Å². The number of aliphatic hydroxyl groups is 1. The Bertz CT molecular complexity index is 940. The van der Waals surface area contributed by atoms with E-state index in [0.29, 0.717) is 23.0 Å². The van der Waals surface area contributed by atoms with E-state index in [-0.39, 0.29) is 22.8 Å². The van der Waals surface area contributed by atoms with Crippen molar-refractivity contribution in [1.29, 1.82) is 0 Å². The van der Waals surface area contributed by atoms with Gasteiger partial charge >= 0.3 is 0 Å². The van der Waals surface area contributed by atoms with Gasteiger partial charge in [-0.25, -0.2) is 9.97 Å². The average molecular weight is 375 g/mol. The molecule has 0 spiro atoms. The number of fused-ring (bicyclic) bond motifs is 1. The summed E-state index contributed by atoms with van der Waals surface area (Å²) in [5, 5.41) is 24.1. The third-order valence-electron chi connectivity index (χ3n) is 4.45. The number of carbonyl (C=O) groups is 1. The van der Waals surface area contributed by atoms with Crippen LogP contribution in [0.1, 0.15) is 42.9 Å². The number of halogens is 1. The molecular formula is C18H19ClN4O3. The molecule has 26 heavy (non-hydrogen) atoms. The molecule has 1 atom stereocenters. The number of anilines is 2. The van der Waals surface area contributed by atoms with Crippen molar-refractivity contribution in [2.45, 2.75) is 39.7 Å². The lowest BCUT2D eigenvalue weighted by Crippen LogP contribution is -2.36. The Hall–Kier alpha value is -2.51. The molecule has 0 aliphatic carbocycles. The van der Waals surface area contributed by atoms with Crippen molar-refractivity contribution in [2.24, 2.45) is 5.16 Å². The highest BCUT2D eigenvalue weighted by Crippen LogP contribution is 2.45. The fourth-order valence-corrected chi connectivity index (χ4v) is 3.40. The number of benzene rings is 1. The van der Waals surface area contributed by atoms with Crippen molar-refractivity contribution in [1.82, 2.24) is 9.97 Å². The highest BCUT2D eigenvalue weighted by Gasteiger charge is 2.51. The number of hydrogen-bond donors (Lipinski definition) is 2. The molecule has 1 aromatic carbocycles. The molecule has 2 N–H and O–H groups in total. The fourth-order valence-electron chi connectivity index (χ4n) is 3.18. The molecule has 2 aromatic rings. The first-order valence-electron chi connectivity index (χ1n) is 8.15. The molecule has 7 nitrogen and oxygen atoms in total. The van der Waals surface area contributed by atoms with Gasteiger partial charge in [0.05, 0.1) is 11.3 Å². The van der Waals surface area contributed by atoms with Crippen LogP contribution in [0.3, 0.4) is 0 Å². The summed E-state index contributed by atoms with van der Waals surface area (Å²) >= 11 is 6.02. The summed E-state index contributed by atoms with van der Waals surface area (Å²) in [7, 11) is 0. The van der Waals surface area contributed by atoms with E-state index < -0.39 is 11.5 Å². The van der Waals surface area contributed by atoms with Crippen LogP contribution in [0.25, 0.3) is 0 Å². The van der Waals surface area contributed by atoms with Crippen LogP contribution < -0.4 is 4.90 Å². The van der Waals surface area contributed by atoms with Crippen LogP contribution in [0, 0.1) is 13.8 Å². The lowest BCUT2D eigenvalue weighted by molar-refractivity contribution is -0.133. The summed E-state index contributed by atoms with van der Waals surface area (Å²) < 4.78 is 0. The Balaban J connectivity index is 2.34. The van der Waals surface area contributed by atoms with Crippen LogP contribution in [-0.4, -0.2) is 31.9 Å².